The van der Waals surface area contributed by atoms with Gasteiger partial charge >= 0.3 is 0 Å². The summed E-state index contributed by atoms with van der Waals surface area (Å²) in [6, 6.07) is 20.6. The van der Waals surface area contributed by atoms with Crippen molar-refractivity contribution in [2.24, 2.45) is 5.92 Å². The summed E-state index contributed by atoms with van der Waals surface area (Å²) in [5.41, 5.74) is 1.58. The highest BCUT2D eigenvalue weighted by molar-refractivity contribution is 7.89. The number of piperazine rings is 1. The first-order chi connectivity index (χ1) is 19.8. The molecule has 0 aromatic heterocycles. The molecule has 3 aromatic carbocycles. The topological polar surface area (TPSA) is 78.5 Å². The molecule has 1 amide bonds. The summed E-state index contributed by atoms with van der Waals surface area (Å²) < 4.78 is 55.6. The Balaban J connectivity index is 1.23. The summed E-state index contributed by atoms with van der Waals surface area (Å²) in [6.07, 6.45) is 4.56. The fourth-order valence-electron chi connectivity index (χ4n) is 6.28. The number of sulfonamides is 1. The van der Waals surface area contributed by atoms with Crippen LogP contribution in [0.3, 0.4) is 0 Å². The van der Waals surface area contributed by atoms with Crippen molar-refractivity contribution in [3.63, 3.8) is 0 Å². The van der Waals surface area contributed by atoms with E-state index in [2.05, 4.69) is 10.6 Å². The van der Waals surface area contributed by atoms with Crippen molar-refractivity contribution in [2.75, 3.05) is 19.6 Å². The first kappa shape index (κ1) is 29.4. The molecule has 9 heteroatoms. The Morgan fingerprint density at radius 1 is 0.902 bits per heavy atom. The molecule has 0 bridgehead atoms. The molecule has 2 aliphatic rings. The minimum Gasteiger partial charge on any atom is -0.353 e. The van der Waals surface area contributed by atoms with E-state index in [1.165, 1.54) is 24.3 Å². The highest BCUT2D eigenvalue weighted by atomic mass is 32.2. The van der Waals surface area contributed by atoms with E-state index in [4.69, 9.17) is 0 Å². The van der Waals surface area contributed by atoms with Crippen molar-refractivity contribution in [2.45, 2.75) is 61.4 Å². The zero-order valence-electron chi connectivity index (χ0n) is 23.0. The average Bonchev–Trinajstić information content (AvgIpc) is 3.43. The maximum absolute atomic E-state index is 13.6. The molecule has 1 aliphatic carbocycles. The molecule has 1 unspecified atom stereocenters. The van der Waals surface area contributed by atoms with Gasteiger partial charge in [-0.1, -0.05) is 48.9 Å². The number of carbonyl (C=O) groups excluding carboxylic acids is 1. The third-order valence-corrected chi connectivity index (χ3v) is 10.4. The van der Waals surface area contributed by atoms with Gasteiger partial charge in [-0.3, -0.25) is 4.79 Å². The van der Waals surface area contributed by atoms with Crippen LogP contribution in [0, 0.1) is 17.6 Å². The number of nitrogens with zero attached hydrogens (tertiary/aromatic N) is 1. The fraction of sp³-hybridized carbons (Fsp3) is 0.406. The lowest BCUT2D eigenvalue weighted by atomic mass is 9.88. The van der Waals surface area contributed by atoms with Crippen LogP contribution in [0.25, 0.3) is 0 Å². The SMILES string of the molecule is O=C(CC(c1ccc(F)cc1)c1ccc(F)cc1)N[C@@H]1CCC[C@H]1CCC1CNCCN1S(=O)(=O)c1ccccc1. The van der Waals surface area contributed by atoms with E-state index in [0.717, 1.165) is 36.8 Å². The molecule has 1 saturated heterocycles. The van der Waals surface area contributed by atoms with Crippen LogP contribution in [-0.2, 0) is 14.8 Å². The van der Waals surface area contributed by atoms with Gasteiger partial charge in [-0.15, -0.1) is 0 Å². The number of carbonyl (C=O) groups is 1. The molecule has 6 nitrogen and oxygen atoms in total. The normalized spacial score (nSPS) is 21.7. The Morgan fingerprint density at radius 3 is 2.17 bits per heavy atom. The largest absolute Gasteiger partial charge is 0.353 e. The number of halogens is 2. The Hall–Kier alpha value is -3.14. The second-order valence-electron chi connectivity index (χ2n) is 11.1. The van der Waals surface area contributed by atoms with Gasteiger partial charge in [-0.05, 0) is 79.1 Å². The third kappa shape index (κ3) is 7.20. The van der Waals surface area contributed by atoms with Gasteiger partial charge < -0.3 is 10.6 Å². The summed E-state index contributed by atoms with van der Waals surface area (Å²) in [5.74, 6) is -0.882. The number of rotatable bonds is 10. The Kier molecular flexibility index (Phi) is 9.47. The summed E-state index contributed by atoms with van der Waals surface area (Å²) >= 11 is 0. The van der Waals surface area contributed by atoms with Crippen LogP contribution in [0.15, 0.2) is 83.8 Å². The van der Waals surface area contributed by atoms with E-state index in [1.807, 2.05) is 6.07 Å². The molecule has 2 fully saturated rings. The maximum Gasteiger partial charge on any atom is 0.243 e. The molecule has 1 aliphatic heterocycles. The van der Waals surface area contributed by atoms with E-state index >= 15 is 0 Å². The quantitative estimate of drug-likeness (QED) is 0.345. The lowest BCUT2D eigenvalue weighted by Crippen LogP contribution is -2.53. The van der Waals surface area contributed by atoms with Crippen molar-refractivity contribution in [1.29, 1.82) is 0 Å². The summed E-state index contributed by atoms with van der Waals surface area (Å²) in [7, 11) is -3.58. The number of hydrogen-bond donors (Lipinski definition) is 2. The standard InChI is InChI=1S/C32H37F2N3O3S/c33-26-14-9-23(10-15-26)30(24-11-16-27(34)17-12-24)21-32(38)36-31-8-4-5-25(31)13-18-28-22-35-19-20-37(28)41(39,40)29-6-2-1-3-7-29/h1-3,6-7,9-12,14-17,25,28,30-31,35H,4-5,8,13,18-22H2,(H,36,38)/t25-,28?,31+/m0/s1. The zero-order chi connectivity index (χ0) is 28.8. The molecule has 41 heavy (non-hydrogen) atoms. The van der Waals surface area contributed by atoms with Gasteiger partial charge in [0, 0.05) is 44.1 Å². The Morgan fingerprint density at radius 2 is 1.54 bits per heavy atom. The highest BCUT2D eigenvalue weighted by Gasteiger charge is 2.35. The Bertz CT molecular complexity index is 1360. The molecule has 1 saturated carbocycles. The molecule has 0 radical (unpaired) electrons. The van der Waals surface area contributed by atoms with Crippen LogP contribution in [-0.4, -0.2) is 50.3 Å². The predicted molar refractivity (Wildman–Crippen MR) is 155 cm³/mol. The van der Waals surface area contributed by atoms with E-state index in [9.17, 15) is 22.0 Å². The minimum atomic E-state index is -3.58. The van der Waals surface area contributed by atoms with Crippen molar-refractivity contribution in [1.82, 2.24) is 14.9 Å². The fourth-order valence-corrected chi connectivity index (χ4v) is 7.96. The number of amides is 1. The van der Waals surface area contributed by atoms with Crippen LogP contribution < -0.4 is 10.6 Å². The van der Waals surface area contributed by atoms with Gasteiger partial charge in [0.2, 0.25) is 15.9 Å². The molecular weight excluding hydrogens is 544 g/mol. The van der Waals surface area contributed by atoms with E-state index in [1.54, 1.807) is 52.8 Å². The summed E-state index contributed by atoms with van der Waals surface area (Å²) in [5, 5.41) is 6.59. The zero-order valence-corrected chi connectivity index (χ0v) is 23.8. The number of nitrogens with one attached hydrogen (secondary N) is 2. The Labute approximate surface area is 241 Å². The molecule has 3 atom stereocenters. The first-order valence-electron chi connectivity index (χ1n) is 14.4. The van der Waals surface area contributed by atoms with Gasteiger partial charge in [-0.2, -0.15) is 4.31 Å². The van der Waals surface area contributed by atoms with Gasteiger partial charge in [0.1, 0.15) is 11.6 Å². The maximum atomic E-state index is 13.6. The molecule has 218 valence electrons. The molecule has 0 spiro atoms. The monoisotopic (exact) mass is 581 g/mol. The van der Waals surface area contributed by atoms with Gasteiger partial charge in [0.25, 0.3) is 0 Å². The van der Waals surface area contributed by atoms with E-state index in [-0.39, 0.29) is 47.9 Å². The van der Waals surface area contributed by atoms with Gasteiger partial charge in [0.15, 0.2) is 0 Å². The lowest BCUT2D eigenvalue weighted by molar-refractivity contribution is -0.122. The number of hydrogen-bond acceptors (Lipinski definition) is 4. The highest BCUT2D eigenvalue weighted by Crippen LogP contribution is 2.33. The molecule has 3 aromatic rings. The van der Waals surface area contributed by atoms with Gasteiger partial charge in [0.05, 0.1) is 4.90 Å². The average molecular weight is 582 g/mol. The summed E-state index contributed by atoms with van der Waals surface area (Å²) in [4.78, 5) is 13.6. The first-order valence-corrected chi connectivity index (χ1v) is 15.8. The summed E-state index contributed by atoms with van der Waals surface area (Å²) in [6.45, 7) is 1.65. The minimum absolute atomic E-state index is 0.0142. The van der Waals surface area contributed by atoms with E-state index < -0.39 is 10.0 Å². The van der Waals surface area contributed by atoms with Crippen molar-refractivity contribution in [3.8, 4) is 0 Å². The predicted octanol–water partition coefficient (Wildman–Crippen LogP) is 5.21. The van der Waals surface area contributed by atoms with Gasteiger partial charge in [-0.25, -0.2) is 17.2 Å². The van der Waals surface area contributed by atoms with Crippen LogP contribution in [0.4, 0.5) is 8.78 Å². The van der Waals surface area contributed by atoms with Crippen LogP contribution in [0.1, 0.15) is 55.6 Å². The van der Waals surface area contributed by atoms with Crippen LogP contribution >= 0.6 is 0 Å². The second-order valence-corrected chi connectivity index (χ2v) is 13.0. The van der Waals surface area contributed by atoms with Crippen molar-refractivity contribution in [3.05, 3.63) is 102 Å². The van der Waals surface area contributed by atoms with Crippen LogP contribution in [0.5, 0.6) is 0 Å². The van der Waals surface area contributed by atoms with E-state index in [0.29, 0.717) is 31.0 Å². The number of benzene rings is 3. The van der Waals surface area contributed by atoms with Crippen LogP contribution in [0.2, 0.25) is 0 Å². The lowest BCUT2D eigenvalue weighted by Gasteiger charge is -2.36. The molecule has 1 heterocycles. The molecule has 2 N–H and O–H groups in total. The smallest absolute Gasteiger partial charge is 0.243 e. The molecule has 5 rings (SSSR count). The van der Waals surface area contributed by atoms with Crippen molar-refractivity contribution < 1.29 is 22.0 Å². The van der Waals surface area contributed by atoms with Crippen molar-refractivity contribution >= 4 is 15.9 Å². The second kappa shape index (κ2) is 13.2. The third-order valence-electron chi connectivity index (χ3n) is 8.46. The molecular formula is C32H37F2N3O3S.